The van der Waals surface area contributed by atoms with E-state index in [4.69, 9.17) is 4.74 Å². The monoisotopic (exact) mass is 380 g/mol. The smallest absolute Gasteiger partial charge is 0.416 e. The maximum atomic E-state index is 12.7. The number of halogens is 3. The molecule has 9 heteroatoms. The van der Waals surface area contributed by atoms with E-state index in [0.29, 0.717) is 0 Å². The maximum absolute atomic E-state index is 12.7. The first-order valence-electron chi connectivity index (χ1n) is 7.77. The maximum Gasteiger partial charge on any atom is 0.416 e. The quantitative estimate of drug-likeness (QED) is 0.629. The summed E-state index contributed by atoms with van der Waals surface area (Å²) in [4.78, 5) is 35.3. The van der Waals surface area contributed by atoms with Gasteiger partial charge in [-0.1, -0.05) is 6.07 Å². The van der Waals surface area contributed by atoms with Gasteiger partial charge in [0, 0.05) is 11.4 Å². The summed E-state index contributed by atoms with van der Waals surface area (Å²) in [6, 6.07) is 9.50. The van der Waals surface area contributed by atoms with Gasteiger partial charge in [0.25, 0.3) is 0 Å². The SMILES string of the molecule is CCOC(=O)c1ccc(NC(=O)C(=O)Nc2cccc(C(F)(F)F)c2)cc1. The molecule has 6 nitrogen and oxygen atoms in total. The first-order chi connectivity index (χ1) is 12.7. The lowest BCUT2D eigenvalue weighted by atomic mass is 10.2. The third-order valence-electron chi connectivity index (χ3n) is 3.31. The van der Waals surface area contributed by atoms with Crippen LogP contribution in [-0.4, -0.2) is 24.4 Å². The molecule has 2 amide bonds. The topological polar surface area (TPSA) is 84.5 Å². The molecule has 2 aromatic rings. The molecule has 0 saturated heterocycles. The molecular weight excluding hydrogens is 365 g/mol. The van der Waals surface area contributed by atoms with Gasteiger partial charge in [0.15, 0.2) is 0 Å². The van der Waals surface area contributed by atoms with Gasteiger partial charge < -0.3 is 15.4 Å². The van der Waals surface area contributed by atoms with E-state index in [2.05, 4.69) is 10.6 Å². The molecule has 27 heavy (non-hydrogen) atoms. The first kappa shape index (κ1) is 20.0. The van der Waals surface area contributed by atoms with Gasteiger partial charge in [-0.25, -0.2) is 4.79 Å². The largest absolute Gasteiger partial charge is 0.462 e. The van der Waals surface area contributed by atoms with Crippen molar-refractivity contribution in [2.24, 2.45) is 0 Å². The van der Waals surface area contributed by atoms with E-state index >= 15 is 0 Å². The Morgan fingerprint density at radius 3 is 2.07 bits per heavy atom. The second kappa shape index (κ2) is 8.35. The van der Waals surface area contributed by atoms with Gasteiger partial charge >= 0.3 is 24.0 Å². The summed E-state index contributed by atoms with van der Waals surface area (Å²) in [5, 5.41) is 4.38. The fraction of sp³-hybridized carbons (Fsp3) is 0.167. The van der Waals surface area contributed by atoms with Crippen molar-refractivity contribution in [1.82, 2.24) is 0 Å². The lowest BCUT2D eigenvalue weighted by Gasteiger charge is -2.10. The zero-order chi connectivity index (χ0) is 20.0. The van der Waals surface area contributed by atoms with Crippen LogP contribution >= 0.6 is 0 Å². The summed E-state index contributed by atoms with van der Waals surface area (Å²) in [6.45, 7) is 1.88. The fourth-order valence-corrected chi connectivity index (χ4v) is 2.05. The number of anilines is 2. The number of rotatable bonds is 4. The molecule has 0 fully saturated rings. The van der Waals surface area contributed by atoms with Crippen molar-refractivity contribution in [2.75, 3.05) is 17.2 Å². The van der Waals surface area contributed by atoms with E-state index < -0.39 is 29.5 Å². The molecule has 0 bridgehead atoms. The van der Waals surface area contributed by atoms with E-state index in [9.17, 15) is 27.6 Å². The Bertz CT molecular complexity index is 848. The highest BCUT2D eigenvalue weighted by atomic mass is 19.4. The van der Waals surface area contributed by atoms with Gasteiger partial charge in [0.2, 0.25) is 0 Å². The summed E-state index contributed by atoms with van der Waals surface area (Å²) in [5.41, 5.74) is -0.617. The number of carbonyl (C=O) groups is 3. The van der Waals surface area contributed by atoms with Crippen LogP contribution in [-0.2, 0) is 20.5 Å². The molecule has 0 spiro atoms. The van der Waals surface area contributed by atoms with Crippen LogP contribution in [0.15, 0.2) is 48.5 Å². The molecule has 2 N–H and O–H groups in total. The predicted octanol–water partition coefficient (Wildman–Crippen LogP) is 3.46. The standard InChI is InChI=1S/C18H15F3N2O4/c1-2-27-17(26)11-6-8-13(9-7-11)22-15(24)16(25)23-14-5-3-4-12(10-14)18(19,20)21/h3-10H,2H2,1H3,(H,22,24)(H,23,25). The minimum absolute atomic E-state index is 0.164. The van der Waals surface area contributed by atoms with Crippen molar-refractivity contribution in [3.63, 3.8) is 0 Å². The number of hydrogen-bond donors (Lipinski definition) is 2. The highest BCUT2D eigenvalue weighted by Gasteiger charge is 2.30. The number of amides is 2. The average molecular weight is 380 g/mol. The summed E-state index contributed by atoms with van der Waals surface area (Å²) >= 11 is 0. The zero-order valence-corrected chi connectivity index (χ0v) is 14.1. The van der Waals surface area contributed by atoms with Crippen molar-refractivity contribution >= 4 is 29.2 Å². The van der Waals surface area contributed by atoms with Crippen LogP contribution in [0.1, 0.15) is 22.8 Å². The van der Waals surface area contributed by atoms with Crippen LogP contribution in [0, 0.1) is 0 Å². The van der Waals surface area contributed by atoms with Crippen molar-refractivity contribution in [2.45, 2.75) is 13.1 Å². The minimum atomic E-state index is -4.57. The minimum Gasteiger partial charge on any atom is -0.462 e. The Labute approximate surface area is 152 Å². The van der Waals surface area contributed by atoms with E-state index in [1.165, 1.54) is 30.3 Å². The Hall–Kier alpha value is -3.36. The van der Waals surface area contributed by atoms with Gasteiger partial charge in [-0.15, -0.1) is 0 Å². The molecule has 0 aliphatic rings. The number of carbonyl (C=O) groups excluding carboxylic acids is 3. The number of ether oxygens (including phenoxy) is 1. The van der Waals surface area contributed by atoms with Gasteiger partial charge in [-0.05, 0) is 49.4 Å². The molecule has 2 aromatic carbocycles. The number of nitrogens with one attached hydrogen (secondary N) is 2. The van der Waals surface area contributed by atoms with Gasteiger partial charge in [-0.3, -0.25) is 9.59 Å². The van der Waals surface area contributed by atoms with Crippen LogP contribution < -0.4 is 10.6 Å². The third-order valence-corrected chi connectivity index (χ3v) is 3.31. The molecular formula is C18H15F3N2O4. The van der Waals surface area contributed by atoms with Crippen molar-refractivity contribution in [3.8, 4) is 0 Å². The Kier molecular flexibility index (Phi) is 6.17. The lowest BCUT2D eigenvalue weighted by molar-refractivity contribution is -0.137. The Morgan fingerprint density at radius 1 is 0.926 bits per heavy atom. The molecule has 0 aromatic heterocycles. The number of hydrogen-bond acceptors (Lipinski definition) is 4. The van der Waals surface area contributed by atoms with Crippen LogP contribution in [0.25, 0.3) is 0 Å². The molecule has 142 valence electrons. The van der Waals surface area contributed by atoms with E-state index in [0.717, 1.165) is 18.2 Å². The molecule has 0 heterocycles. The molecule has 2 rings (SSSR count). The van der Waals surface area contributed by atoms with Crippen molar-refractivity contribution in [1.29, 1.82) is 0 Å². The highest BCUT2D eigenvalue weighted by molar-refractivity contribution is 6.43. The Balaban J connectivity index is 2.00. The predicted molar refractivity (Wildman–Crippen MR) is 91.1 cm³/mol. The third kappa shape index (κ3) is 5.56. The van der Waals surface area contributed by atoms with Crippen LogP contribution in [0.5, 0.6) is 0 Å². The fourth-order valence-electron chi connectivity index (χ4n) is 2.05. The van der Waals surface area contributed by atoms with E-state index in [1.807, 2.05) is 0 Å². The Morgan fingerprint density at radius 2 is 1.52 bits per heavy atom. The average Bonchev–Trinajstić information content (AvgIpc) is 2.62. The van der Waals surface area contributed by atoms with Crippen molar-refractivity contribution < 1.29 is 32.3 Å². The summed E-state index contributed by atoms with van der Waals surface area (Å²) in [5.74, 6) is -2.74. The summed E-state index contributed by atoms with van der Waals surface area (Å²) < 4.78 is 42.8. The van der Waals surface area contributed by atoms with Crippen LogP contribution in [0.3, 0.4) is 0 Å². The first-order valence-corrected chi connectivity index (χ1v) is 7.77. The zero-order valence-electron chi connectivity index (χ0n) is 14.1. The van der Waals surface area contributed by atoms with Gasteiger partial charge in [0.05, 0.1) is 17.7 Å². The van der Waals surface area contributed by atoms with Gasteiger partial charge in [0.1, 0.15) is 0 Å². The number of esters is 1. The number of alkyl halides is 3. The molecule has 0 aliphatic carbocycles. The summed E-state index contributed by atoms with van der Waals surface area (Å²) in [6.07, 6.45) is -4.57. The lowest BCUT2D eigenvalue weighted by Crippen LogP contribution is -2.29. The van der Waals surface area contributed by atoms with Crippen LogP contribution in [0.4, 0.5) is 24.5 Å². The number of benzene rings is 2. The molecule has 0 unspecified atom stereocenters. The second-order valence-corrected chi connectivity index (χ2v) is 5.28. The normalized spacial score (nSPS) is 10.8. The van der Waals surface area contributed by atoms with E-state index in [1.54, 1.807) is 6.92 Å². The molecule has 0 aliphatic heterocycles. The molecule has 0 radical (unpaired) electrons. The summed E-state index contributed by atoms with van der Waals surface area (Å²) in [7, 11) is 0. The van der Waals surface area contributed by atoms with E-state index in [-0.39, 0.29) is 23.5 Å². The molecule has 0 atom stereocenters. The van der Waals surface area contributed by atoms with Gasteiger partial charge in [-0.2, -0.15) is 13.2 Å². The van der Waals surface area contributed by atoms with Crippen LogP contribution in [0.2, 0.25) is 0 Å². The van der Waals surface area contributed by atoms with Crippen molar-refractivity contribution in [3.05, 3.63) is 59.7 Å². The second-order valence-electron chi connectivity index (χ2n) is 5.28. The molecule has 0 saturated carbocycles. The highest BCUT2D eigenvalue weighted by Crippen LogP contribution is 2.30.